The molecule has 0 bridgehead atoms. The maximum absolute atomic E-state index is 9.95. The molecule has 0 fully saturated rings. The number of rotatable bonds is 5. The second kappa shape index (κ2) is 5.97. The molecule has 1 aromatic heterocycles. The van der Waals surface area contributed by atoms with E-state index in [9.17, 15) is 5.11 Å². The van der Waals surface area contributed by atoms with Crippen molar-refractivity contribution in [2.45, 2.75) is 19.6 Å². The molecule has 0 saturated heterocycles. The molecular weight excluding hydrogens is 264 g/mol. The summed E-state index contributed by atoms with van der Waals surface area (Å²) in [6, 6.07) is 12.0. The topological polar surface area (TPSA) is 47.3 Å². The Morgan fingerprint density at radius 3 is 2.86 bits per heavy atom. The number of aliphatic hydroxyl groups is 1. The van der Waals surface area contributed by atoms with E-state index in [-0.39, 0.29) is 0 Å². The Hall–Kier alpha value is -2.33. The zero-order valence-corrected chi connectivity index (χ0v) is 11.9. The van der Waals surface area contributed by atoms with E-state index >= 15 is 0 Å². The van der Waals surface area contributed by atoms with E-state index in [0.29, 0.717) is 6.61 Å². The molecule has 0 spiro atoms. The van der Waals surface area contributed by atoms with Gasteiger partial charge in [-0.2, -0.15) is 0 Å². The smallest absolute Gasteiger partial charge is 0.132 e. The second-order valence-corrected chi connectivity index (χ2v) is 5.03. The molecule has 1 atom stereocenters. The van der Waals surface area contributed by atoms with Crippen LogP contribution in [0.4, 0.5) is 0 Å². The lowest BCUT2D eigenvalue weighted by Crippen LogP contribution is -2.08. The molecule has 1 heterocycles. The molecule has 0 saturated carbocycles. The van der Waals surface area contributed by atoms with Crippen LogP contribution in [-0.2, 0) is 6.54 Å². The molecule has 0 aliphatic heterocycles. The van der Waals surface area contributed by atoms with Gasteiger partial charge in [0, 0.05) is 23.3 Å². The standard InChI is InChI=1S/C17H18N2O2/c1-13(20)15-7-6-14-4-2-3-5-16(14)17(15)21-11-10-19-9-8-18-12-19/h2-9,12-13,20H,10-11H2,1H3/t13-/m0/s1. The Labute approximate surface area is 123 Å². The second-order valence-electron chi connectivity index (χ2n) is 5.03. The Morgan fingerprint density at radius 2 is 2.10 bits per heavy atom. The summed E-state index contributed by atoms with van der Waals surface area (Å²) in [6.45, 7) is 3.01. The molecule has 2 aromatic carbocycles. The van der Waals surface area contributed by atoms with E-state index in [4.69, 9.17) is 4.74 Å². The molecular formula is C17H18N2O2. The van der Waals surface area contributed by atoms with E-state index in [0.717, 1.165) is 28.6 Å². The van der Waals surface area contributed by atoms with Gasteiger partial charge in [-0.05, 0) is 12.3 Å². The molecule has 0 radical (unpaired) electrons. The highest BCUT2D eigenvalue weighted by Crippen LogP contribution is 2.33. The highest BCUT2D eigenvalue weighted by atomic mass is 16.5. The number of fused-ring (bicyclic) bond motifs is 1. The van der Waals surface area contributed by atoms with Crippen LogP contribution in [0.5, 0.6) is 5.75 Å². The van der Waals surface area contributed by atoms with Gasteiger partial charge < -0.3 is 14.4 Å². The maximum Gasteiger partial charge on any atom is 0.132 e. The van der Waals surface area contributed by atoms with Gasteiger partial charge in [0.15, 0.2) is 0 Å². The highest BCUT2D eigenvalue weighted by Gasteiger charge is 2.12. The predicted octanol–water partition coefficient (Wildman–Crippen LogP) is 3.17. The molecule has 4 nitrogen and oxygen atoms in total. The molecule has 21 heavy (non-hydrogen) atoms. The lowest BCUT2D eigenvalue weighted by molar-refractivity contribution is 0.191. The molecule has 3 rings (SSSR count). The van der Waals surface area contributed by atoms with Gasteiger partial charge >= 0.3 is 0 Å². The van der Waals surface area contributed by atoms with Crippen LogP contribution in [-0.4, -0.2) is 21.3 Å². The van der Waals surface area contributed by atoms with Gasteiger partial charge in [0.25, 0.3) is 0 Å². The van der Waals surface area contributed by atoms with Crippen LogP contribution >= 0.6 is 0 Å². The van der Waals surface area contributed by atoms with Crippen molar-refractivity contribution >= 4 is 10.8 Å². The monoisotopic (exact) mass is 282 g/mol. The highest BCUT2D eigenvalue weighted by molar-refractivity contribution is 5.89. The first-order valence-corrected chi connectivity index (χ1v) is 7.04. The minimum atomic E-state index is -0.558. The third kappa shape index (κ3) is 2.90. The quantitative estimate of drug-likeness (QED) is 0.782. The van der Waals surface area contributed by atoms with Gasteiger partial charge in [-0.3, -0.25) is 0 Å². The zero-order valence-electron chi connectivity index (χ0n) is 11.9. The van der Waals surface area contributed by atoms with Gasteiger partial charge in [-0.1, -0.05) is 36.4 Å². The minimum Gasteiger partial charge on any atom is -0.491 e. The van der Waals surface area contributed by atoms with Gasteiger partial charge in [0.1, 0.15) is 12.4 Å². The summed E-state index contributed by atoms with van der Waals surface area (Å²) in [5, 5.41) is 12.1. The van der Waals surface area contributed by atoms with Crippen LogP contribution in [0.15, 0.2) is 55.1 Å². The third-order valence-electron chi connectivity index (χ3n) is 3.52. The Kier molecular flexibility index (Phi) is 3.88. The first-order valence-electron chi connectivity index (χ1n) is 7.04. The van der Waals surface area contributed by atoms with Gasteiger partial charge in [-0.25, -0.2) is 4.98 Å². The first kappa shape index (κ1) is 13.6. The van der Waals surface area contributed by atoms with E-state index in [1.54, 1.807) is 19.4 Å². The largest absolute Gasteiger partial charge is 0.491 e. The number of aliphatic hydroxyl groups excluding tert-OH is 1. The van der Waals surface area contributed by atoms with Crippen molar-refractivity contribution in [1.82, 2.24) is 9.55 Å². The zero-order chi connectivity index (χ0) is 14.7. The first-order chi connectivity index (χ1) is 10.3. The maximum atomic E-state index is 9.95. The number of imidazole rings is 1. The Bertz CT molecular complexity index is 721. The summed E-state index contributed by atoms with van der Waals surface area (Å²) in [7, 11) is 0. The summed E-state index contributed by atoms with van der Waals surface area (Å²) < 4.78 is 7.94. The summed E-state index contributed by atoms with van der Waals surface area (Å²) in [5.74, 6) is 0.767. The minimum absolute atomic E-state index is 0.532. The van der Waals surface area contributed by atoms with Crippen LogP contribution < -0.4 is 4.74 Å². The van der Waals surface area contributed by atoms with Crippen molar-refractivity contribution in [3.05, 3.63) is 60.7 Å². The summed E-state index contributed by atoms with van der Waals surface area (Å²) >= 11 is 0. The molecule has 108 valence electrons. The Morgan fingerprint density at radius 1 is 1.24 bits per heavy atom. The molecule has 0 unspecified atom stereocenters. The van der Waals surface area contributed by atoms with Gasteiger partial charge in [0.05, 0.1) is 19.0 Å². The van der Waals surface area contributed by atoms with Crippen molar-refractivity contribution in [2.75, 3.05) is 6.61 Å². The summed E-state index contributed by atoms with van der Waals surface area (Å²) in [5.41, 5.74) is 0.819. The normalized spacial score (nSPS) is 12.5. The lowest BCUT2D eigenvalue weighted by Gasteiger charge is -2.16. The van der Waals surface area contributed by atoms with Gasteiger partial charge in [0.2, 0.25) is 0 Å². The fourth-order valence-corrected chi connectivity index (χ4v) is 2.42. The van der Waals surface area contributed by atoms with Crippen molar-refractivity contribution < 1.29 is 9.84 Å². The number of benzene rings is 2. The summed E-state index contributed by atoms with van der Waals surface area (Å²) in [4.78, 5) is 4.01. The summed E-state index contributed by atoms with van der Waals surface area (Å²) in [6.07, 6.45) is 4.86. The van der Waals surface area contributed by atoms with E-state index in [1.807, 2.05) is 47.2 Å². The Balaban J connectivity index is 1.89. The number of aromatic nitrogens is 2. The van der Waals surface area contributed by atoms with E-state index in [1.165, 1.54) is 0 Å². The average molecular weight is 282 g/mol. The number of hydrogen-bond acceptors (Lipinski definition) is 3. The number of ether oxygens (including phenoxy) is 1. The average Bonchev–Trinajstić information content (AvgIpc) is 3.00. The van der Waals surface area contributed by atoms with Crippen LogP contribution in [0.2, 0.25) is 0 Å². The van der Waals surface area contributed by atoms with Crippen LogP contribution in [0.25, 0.3) is 10.8 Å². The SMILES string of the molecule is C[C@H](O)c1ccc2ccccc2c1OCCn1ccnc1. The van der Waals surface area contributed by atoms with Crippen molar-refractivity contribution in [2.24, 2.45) is 0 Å². The van der Waals surface area contributed by atoms with E-state index < -0.39 is 6.10 Å². The fourth-order valence-electron chi connectivity index (χ4n) is 2.42. The van der Waals surface area contributed by atoms with Crippen LogP contribution in [0, 0.1) is 0 Å². The fraction of sp³-hybridized carbons (Fsp3) is 0.235. The molecule has 0 aliphatic rings. The van der Waals surface area contributed by atoms with Crippen LogP contribution in [0.1, 0.15) is 18.6 Å². The number of nitrogens with zero attached hydrogens (tertiary/aromatic N) is 2. The van der Waals surface area contributed by atoms with Crippen LogP contribution in [0.3, 0.4) is 0 Å². The van der Waals surface area contributed by atoms with Crippen molar-refractivity contribution in [3.8, 4) is 5.75 Å². The molecule has 0 aliphatic carbocycles. The number of hydrogen-bond donors (Lipinski definition) is 1. The van der Waals surface area contributed by atoms with E-state index in [2.05, 4.69) is 4.98 Å². The molecule has 1 N–H and O–H groups in total. The van der Waals surface area contributed by atoms with Gasteiger partial charge in [-0.15, -0.1) is 0 Å². The predicted molar refractivity (Wildman–Crippen MR) is 82.3 cm³/mol. The van der Waals surface area contributed by atoms with Crippen molar-refractivity contribution in [1.29, 1.82) is 0 Å². The lowest BCUT2D eigenvalue weighted by atomic mass is 10.0. The molecule has 4 heteroatoms. The molecule has 0 amide bonds. The van der Waals surface area contributed by atoms with Crippen molar-refractivity contribution in [3.63, 3.8) is 0 Å². The third-order valence-corrected chi connectivity index (χ3v) is 3.52. The molecule has 3 aromatic rings.